The van der Waals surface area contributed by atoms with Crippen molar-refractivity contribution in [1.29, 1.82) is 0 Å². The SMILES string of the molecule is Cc1cccc2c(=O)n(CCCC(=O)Nc3ccccc3SCc3ccsc3)cnc12. The van der Waals surface area contributed by atoms with E-state index in [1.807, 2.05) is 43.3 Å². The summed E-state index contributed by atoms with van der Waals surface area (Å²) in [6, 6.07) is 15.6. The molecule has 7 heteroatoms. The summed E-state index contributed by atoms with van der Waals surface area (Å²) in [5.41, 5.74) is 3.76. The number of rotatable bonds is 8. The lowest BCUT2D eigenvalue weighted by atomic mass is 10.1. The molecule has 0 aliphatic rings. The predicted octanol–water partition coefficient (Wildman–Crippen LogP) is 5.48. The highest BCUT2D eigenvalue weighted by Crippen LogP contribution is 2.30. The summed E-state index contributed by atoms with van der Waals surface area (Å²) in [4.78, 5) is 30.7. The molecular weight excluding hydrogens is 426 g/mol. The molecule has 0 saturated carbocycles. The van der Waals surface area contributed by atoms with E-state index < -0.39 is 0 Å². The molecule has 0 fully saturated rings. The topological polar surface area (TPSA) is 64.0 Å². The largest absolute Gasteiger partial charge is 0.325 e. The molecule has 1 N–H and O–H groups in total. The molecule has 158 valence electrons. The van der Waals surface area contributed by atoms with Crippen molar-refractivity contribution < 1.29 is 4.79 Å². The molecule has 0 saturated heterocycles. The maximum Gasteiger partial charge on any atom is 0.261 e. The Bertz CT molecular complexity index is 1250. The number of carbonyl (C=O) groups is 1. The molecule has 0 spiro atoms. The quantitative estimate of drug-likeness (QED) is 0.362. The third-order valence-corrected chi connectivity index (χ3v) is 6.87. The van der Waals surface area contributed by atoms with E-state index in [2.05, 4.69) is 27.1 Å². The van der Waals surface area contributed by atoms with Gasteiger partial charge < -0.3 is 5.32 Å². The number of aryl methyl sites for hydroxylation is 2. The number of aromatic nitrogens is 2. The van der Waals surface area contributed by atoms with Crippen LogP contribution < -0.4 is 10.9 Å². The minimum absolute atomic E-state index is 0.0544. The number of anilines is 1. The van der Waals surface area contributed by atoms with Crippen LogP contribution in [0.25, 0.3) is 10.9 Å². The number of benzene rings is 2. The molecular formula is C24H23N3O2S2. The molecule has 0 unspecified atom stereocenters. The molecule has 0 bridgehead atoms. The zero-order valence-corrected chi connectivity index (χ0v) is 18.8. The van der Waals surface area contributed by atoms with E-state index in [-0.39, 0.29) is 11.5 Å². The Balaban J connectivity index is 1.34. The first-order chi connectivity index (χ1) is 15.1. The van der Waals surface area contributed by atoms with Crippen LogP contribution in [-0.4, -0.2) is 15.5 Å². The van der Waals surface area contributed by atoms with Crippen molar-refractivity contribution in [2.75, 3.05) is 5.32 Å². The number of nitrogens with one attached hydrogen (secondary N) is 1. The zero-order valence-electron chi connectivity index (χ0n) is 17.2. The van der Waals surface area contributed by atoms with Crippen LogP contribution in [0, 0.1) is 6.92 Å². The van der Waals surface area contributed by atoms with Crippen LogP contribution in [0.15, 0.2) is 75.3 Å². The second kappa shape index (κ2) is 9.94. The number of para-hydroxylation sites is 2. The molecule has 2 aromatic heterocycles. The van der Waals surface area contributed by atoms with Crippen LogP contribution >= 0.6 is 23.1 Å². The Morgan fingerprint density at radius 3 is 2.87 bits per heavy atom. The van der Waals surface area contributed by atoms with Gasteiger partial charge in [0.05, 0.1) is 22.9 Å². The van der Waals surface area contributed by atoms with Crippen molar-refractivity contribution in [3.8, 4) is 0 Å². The summed E-state index contributed by atoms with van der Waals surface area (Å²) in [6.07, 6.45) is 2.47. The van der Waals surface area contributed by atoms with Crippen molar-refractivity contribution in [3.05, 3.63) is 87.1 Å². The Morgan fingerprint density at radius 2 is 2.03 bits per heavy atom. The summed E-state index contributed by atoms with van der Waals surface area (Å²) in [7, 11) is 0. The smallest absolute Gasteiger partial charge is 0.261 e. The molecule has 0 atom stereocenters. The lowest BCUT2D eigenvalue weighted by molar-refractivity contribution is -0.116. The van der Waals surface area contributed by atoms with Gasteiger partial charge in [-0.25, -0.2) is 4.98 Å². The van der Waals surface area contributed by atoms with Gasteiger partial charge in [-0.15, -0.1) is 11.8 Å². The van der Waals surface area contributed by atoms with E-state index in [0.29, 0.717) is 24.8 Å². The molecule has 0 radical (unpaired) electrons. The van der Waals surface area contributed by atoms with Crippen molar-refractivity contribution in [1.82, 2.24) is 9.55 Å². The van der Waals surface area contributed by atoms with Gasteiger partial charge in [0.2, 0.25) is 5.91 Å². The van der Waals surface area contributed by atoms with Gasteiger partial charge in [0.15, 0.2) is 0 Å². The van der Waals surface area contributed by atoms with E-state index in [1.54, 1.807) is 40.1 Å². The predicted molar refractivity (Wildman–Crippen MR) is 129 cm³/mol. The maximum absolute atomic E-state index is 12.7. The number of nitrogens with zero attached hydrogens (tertiary/aromatic N) is 2. The van der Waals surface area contributed by atoms with Crippen LogP contribution in [-0.2, 0) is 17.1 Å². The Morgan fingerprint density at radius 1 is 1.16 bits per heavy atom. The molecule has 31 heavy (non-hydrogen) atoms. The van der Waals surface area contributed by atoms with Gasteiger partial charge in [-0.05, 0) is 59.5 Å². The monoisotopic (exact) mass is 449 g/mol. The number of amides is 1. The van der Waals surface area contributed by atoms with Crippen LogP contribution in [0.3, 0.4) is 0 Å². The number of thiophene rings is 1. The molecule has 2 aromatic carbocycles. The number of fused-ring (bicyclic) bond motifs is 1. The van der Waals surface area contributed by atoms with Crippen LogP contribution in [0.4, 0.5) is 5.69 Å². The van der Waals surface area contributed by atoms with Crippen molar-refractivity contribution in [2.45, 2.75) is 37.0 Å². The van der Waals surface area contributed by atoms with Gasteiger partial charge in [-0.2, -0.15) is 11.3 Å². The molecule has 0 aliphatic carbocycles. The minimum Gasteiger partial charge on any atom is -0.325 e. The first kappa shape index (κ1) is 21.3. The Kier molecular flexibility index (Phi) is 6.84. The molecule has 4 rings (SSSR count). The van der Waals surface area contributed by atoms with Gasteiger partial charge in [0, 0.05) is 23.6 Å². The van der Waals surface area contributed by atoms with Gasteiger partial charge in [-0.1, -0.05) is 24.3 Å². The number of carbonyl (C=O) groups excluding carboxylic acids is 1. The van der Waals surface area contributed by atoms with Gasteiger partial charge in [-0.3, -0.25) is 14.2 Å². The molecule has 2 heterocycles. The van der Waals surface area contributed by atoms with Crippen LogP contribution in [0.2, 0.25) is 0 Å². The van der Waals surface area contributed by atoms with E-state index in [0.717, 1.165) is 27.4 Å². The molecule has 0 aliphatic heterocycles. The third kappa shape index (κ3) is 5.24. The fourth-order valence-electron chi connectivity index (χ4n) is 3.35. The number of hydrogen-bond acceptors (Lipinski definition) is 5. The Labute approximate surface area is 189 Å². The molecule has 5 nitrogen and oxygen atoms in total. The first-order valence-corrected chi connectivity index (χ1v) is 12.0. The van der Waals surface area contributed by atoms with Crippen LogP contribution in [0.1, 0.15) is 24.0 Å². The summed E-state index contributed by atoms with van der Waals surface area (Å²) in [5.74, 6) is 0.814. The molecule has 4 aromatic rings. The van der Waals surface area contributed by atoms with E-state index in [4.69, 9.17) is 0 Å². The summed E-state index contributed by atoms with van der Waals surface area (Å²) < 4.78 is 1.58. The summed E-state index contributed by atoms with van der Waals surface area (Å²) >= 11 is 3.40. The zero-order chi connectivity index (χ0) is 21.6. The van der Waals surface area contributed by atoms with E-state index >= 15 is 0 Å². The van der Waals surface area contributed by atoms with Crippen LogP contribution in [0.5, 0.6) is 0 Å². The highest BCUT2D eigenvalue weighted by molar-refractivity contribution is 7.98. The minimum atomic E-state index is -0.0655. The lowest BCUT2D eigenvalue weighted by Crippen LogP contribution is -2.22. The van der Waals surface area contributed by atoms with Gasteiger partial charge in [0.1, 0.15) is 0 Å². The highest BCUT2D eigenvalue weighted by atomic mass is 32.2. The molecule has 1 amide bonds. The highest BCUT2D eigenvalue weighted by Gasteiger charge is 2.09. The summed E-state index contributed by atoms with van der Waals surface area (Å²) in [6.45, 7) is 2.40. The second-order valence-electron chi connectivity index (χ2n) is 7.28. The number of thioether (sulfide) groups is 1. The van der Waals surface area contributed by atoms with Crippen molar-refractivity contribution in [3.63, 3.8) is 0 Å². The van der Waals surface area contributed by atoms with E-state index in [9.17, 15) is 9.59 Å². The fraction of sp³-hybridized carbons (Fsp3) is 0.208. The standard InChI is InChI=1S/C24H23N3O2S2/c1-17-6-4-7-19-23(17)25-16-27(24(19)29)12-5-10-22(28)26-20-8-2-3-9-21(20)31-15-18-11-13-30-14-18/h2-4,6-9,11,13-14,16H,5,10,12,15H2,1H3,(H,26,28). The van der Waals surface area contributed by atoms with E-state index in [1.165, 1.54) is 5.56 Å². The maximum atomic E-state index is 12.7. The van der Waals surface area contributed by atoms with Crippen molar-refractivity contribution >= 4 is 45.6 Å². The lowest BCUT2D eigenvalue weighted by Gasteiger charge is -2.11. The van der Waals surface area contributed by atoms with Gasteiger partial charge >= 0.3 is 0 Å². The first-order valence-electron chi connectivity index (χ1n) is 10.1. The third-order valence-electron chi connectivity index (χ3n) is 4.99. The normalized spacial score (nSPS) is 11.0. The second-order valence-corrected chi connectivity index (χ2v) is 9.08. The fourth-order valence-corrected chi connectivity index (χ4v) is 5.08. The Hall–Kier alpha value is -2.90. The van der Waals surface area contributed by atoms with Gasteiger partial charge in [0.25, 0.3) is 5.56 Å². The number of hydrogen-bond donors (Lipinski definition) is 1. The summed E-state index contributed by atoms with van der Waals surface area (Å²) in [5, 5.41) is 7.84. The average molecular weight is 450 g/mol. The van der Waals surface area contributed by atoms with Crippen molar-refractivity contribution in [2.24, 2.45) is 0 Å². The average Bonchev–Trinajstić information content (AvgIpc) is 3.29.